The molecule has 0 amide bonds. The number of ether oxygens (including phenoxy) is 1. The molecule has 4 rings (SSSR count). The largest absolute Gasteiger partial charge is 0.507 e. The topological polar surface area (TPSA) is 51.0 Å². The number of aromatic hydroxyl groups is 1. The lowest BCUT2D eigenvalue weighted by molar-refractivity contribution is -0.901. The van der Waals surface area contributed by atoms with Gasteiger partial charge in [0.25, 0.3) is 0 Å². The van der Waals surface area contributed by atoms with Crippen LogP contribution in [0, 0.1) is 0 Å². The highest BCUT2D eigenvalue weighted by molar-refractivity contribution is 7.10. The van der Waals surface area contributed by atoms with Crippen molar-refractivity contribution in [3.05, 3.63) is 51.4 Å². The fraction of sp³-hybridized carbons (Fsp3) is 0.278. The Morgan fingerprint density at radius 3 is 2.83 bits per heavy atom. The molecule has 1 saturated heterocycles. The summed E-state index contributed by atoms with van der Waals surface area (Å²) in [7, 11) is 0. The number of thiophene rings is 1. The molecule has 0 bridgehead atoms. The van der Waals surface area contributed by atoms with Crippen molar-refractivity contribution in [2.45, 2.75) is 19.4 Å². The van der Waals surface area contributed by atoms with Crippen LogP contribution >= 0.6 is 11.3 Å². The number of phenols is 1. The van der Waals surface area contributed by atoms with Gasteiger partial charge in [0.1, 0.15) is 12.3 Å². The molecule has 4 nitrogen and oxygen atoms in total. The van der Waals surface area contributed by atoms with Gasteiger partial charge in [0.2, 0.25) is 5.78 Å². The number of rotatable bonds is 3. The zero-order chi connectivity index (χ0) is 15.8. The van der Waals surface area contributed by atoms with Crippen molar-refractivity contribution in [2.24, 2.45) is 0 Å². The Kier molecular flexibility index (Phi) is 3.67. The smallest absolute Gasteiger partial charge is 0.232 e. The summed E-state index contributed by atoms with van der Waals surface area (Å²) < 4.78 is 5.86. The summed E-state index contributed by atoms with van der Waals surface area (Å²) in [6.45, 7) is 2.92. The lowest BCUT2D eigenvalue weighted by atomic mass is 10.0. The summed E-state index contributed by atoms with van der Waals surface area (Å²) in [5.74, 6) is 0.988. The Bertz CT molecular complexity index is 774. The maximum absolute atomic E-state index is 12.5. The van der Waals surface area contributed by atoms with Crippen LogP contribution in [0.4, 0.5) is 0 Å². The molecule has 0 atom stereocenters. The summed E-state index contributed by atoms with van der Waals surface area (Å²) in [4.78, 5) is 15.0. The first-order valence-corrected chi connectivity index (χ1v) is 8.76. The lowest BCUT2D eigenvalue weighted by Crippen LogP contribution is -3.08. The van der Waals surface area contributed by atoms with Gasteiger partial charge in [-0.25, -0.2) is 0 Å². The molecule has 1 aromatic carbocycles. The molecule has 2 aliphatic rings. The fourth-order valence-electron chi connectivity index (χ4n) is 3.27. The summed E-state index contributed by atoms with van der Waals surface area (Å²) in [5, 5.41) is 12.2. The van der Waals surface area contributed by atoms with Gasteiger partial charge in [-0.3, -0.25) is 4.79 Å². The van der Waals surface area contributed by atoms with E-state index in [4.69, 9.17) is 4.74 Å². The first-order chi connectivity index (χ1) is 11.2. The van der Waals surface area contributed by atoms with E-state index < -0.39 is 0 Å². The maximum atomic E-state index is 12.5. The van der Waals surface area contributed by atoms with E-state index in [0.29, 0.717) is 23.6 Å². The molecule has 0 spiro atoms. The number of ketones is 1. The van der Waals surface area contributed by atoms with Crippen molar-refractivity contribution < 1.29 is 19.5 Å². The zero-order valence-corrected chi connectivity index (χ0v) is 13.5. The van der Waals surface area contributed by atoms with Gasteiger partial charge in [-0.05, 0) is 23.6 Å². The first kappa shape index (κ1) is 14.5. The number of quaternary nitrogens is 1. The number of Topliss-reactive ketones (excluding diaryl/α,β-unsaturated/α-hetero) is 1. The molecule has 1 fully saturated rings. The van der Waals surface area contributed by atoms with Crippen LogP contribution < -0.4 is 9.64 Å². The normalized spacial score (nSPS) is 19.3. The van der Waals surface area contributed by atoms with Crippen LogP contribution in [0.2, 0.25) is 0 Å². The summed E-state index contributed by atoms with van der Waals surface area (Å²) in [5.41, 5.74) is 1.31. The van der Waals surface area contributed by atoms with Crippen molar-refractivity contribution in [1.82, 2.24) is 0 Å². The van der Waals surface area contributed by atoms with Crippen LogP contribution in [-0.4, -0.2) is 24.0 Å². The molecule has 2 aromatic rings. The van der Waals surface area contributed by atoms with Crippen LogP contribution in [0.5, 0.6) is 11.5 Å². The number of fused-ring (bicyclic) bond motifs is 1. The third-order valence-corrected chi connectivity index (χ3v) is 5.29. The Morgan fingerprint density at radius 1 is 1.26 bits per heavy atom. The van der Waals surface area contributed by atoms with E-state index in [2.05, 4.69) is 0 Å². The van der Waals surface area contributed by atoms with E-state index in [9.17, 15) is 9.90 Å². The summed E-state index contributed by atoms with van der Waals surface area (Å²) >= 11 is 1.56. The van der Waals surface area contributed by atoms with Crippen molar-refractivity contribution >= 4 is 23.2 Å². The van der Waals surface area contributed by atoms with Crippen LogP contribution in [0.1, 0.15) is 33.6 Å². The van der Waals surface area contributed by atoms with Crippen LogP contribution in [0.15, 0.2) is 35.4 Å². The van der Waals surface area contributed by atoms with Gasteiger partial charge < -0.3 is 14.7 Å². The highest BCUT2D eigenvalue weighted by Gasteiger charge is 2.33. The van der Waals surface area contributed by atoms with Gasteiger partial charge >= 0.3 is 0 Å². The molecular formula is C18H18NO3S+. The van der Waals surface area contributed by atoms with E-state index in [1.807, 2.05) is 17.5 Å². The molecule has 5 heteroatoms. The number of benzene rings is 1. The molecular weight excluding hydrogens is 310 g/mol. The highest BCUT2D eigenvalue weighted by atomic mass is 32.1. The van der Waals surface area contributed by atoms with Gasteiger partial charge in [-0.15, -0.1) is 11.3 Å². The van der Waals surface area contributed by atoms with Crippen molar-refractivity contribution in [2.75, 3.05) is 13.1 Å². The van der Waals surface area contributed by atoms with E-state index >= 15 is 0 Å². The SMILES string of the molecule is O=C1/C(=C/c2cccs2)Oc2c1ccc(O)c2C[NH+]1CCCC1. The average molecular weight is 328 g/mol. The molecule has 23 heavy (non-hydrogen) atoms. The van der Waals surface area contributed by atoms with Gasteiger partial charge in [0.05, 0.1) is 24.2 Å². The first-order valence-electron chi connectivity index (χ1n) is 7.88. The molecule has 0 radical (unpaired) electrons. The third kappa shape index (κ3) is 2.66. The van der Waals surface area contributed by atoms with E-state index in [-0.39, 0.29) is 11.5 Å². The number of allylic oxidation sites excluding steroid dienone is 1. The van der Waals surface area contributed by atoms with Gasteiger partial charge in [0.15, 0.2) is 11.5 Å². The minimum Gasteiger partial charge on any atom is -0.507 e. The number of nitrogens with one attached hydrogen (secondary N) is 1. The monoisotopic (exact) mass is 328 g/mol. The zero-order valence-electron chi connectivity index (χ0n) is 12.7. The summed E-state index contributed by atoms with van der Waals surface area (Å²) in [6, 6.07) is 7.16. The Balaban J connectivity index is 1.69. The van der Waals surface area contributed by atoms with E-state index in [1.54, 1.807) is 29.5 Å². The molecule has 1 aromatic heterocycles. The van der Waals surface area contributed by atoms with Gasteiger partial charge in [-0.2, -0.15) is 0 Å². The number of carbonyl (C=O) groups is 1. The standard InChI is InChI=1S/C18H17NO3S/c20-15-6-5-13-17(21)16(10-12-4-3-9-23-12)22-18(13)14(15)11-19-7-1-2-8-19/h3-6,9-10,20H,1-2,7-8,11H2/p+1/b16-10-. The number of likely N-dealkylation sites (tertiary alicyclic amines) is 1. The highest BCUT2D eigenvalue weighted by Crippen LogP contribution is 2.39. The Hall–Kier alpha value is -2.11. The van der Waals surface area contributed by atoms with E-state index in [0.717, 1.165) is 23.5 Å². The second kappa shape index (κ2) is 5.83. The van der Waals surface area contributed by atoms with Crippen molar-refractivity contribution in [3.63, 3.8) is 0 Å². The second-order valence-corrected chi connectivity index (χ2v) is 7.01. The van der Waals surface area contributed by atoms with Crippen LogP contribution in [0.25, 0.3) is 6.08 Å². The summed E-state index contributed by atoms with van der Waals surface area (Å²) in [6.07, 6.45) is 4.21. The number of carbonyl (C=O) groups excluding carboxylic acids is 1. The predicted molar refractivity (Wildman–Crippen MR) is 89.0 cm³/mol. The van der Waals surface area contributed by atoms with Crippen LogP contribution in [-0.2, 0) is 6.54 Å². The number of hydrogen-bond donors (Lipinski definition) is 2. The van der Waals surface area contributed by atoms with Crippen LogP contribution in [0.3, 0.4) is 0 Å². The second-order valence-electron chi connectivity index (χ2n) is 6.03. The Labute approximate surface area is 138 Å². The fourth-order valence-corrected chi connectivity index (χ4v) is 3.92. The number of phenolic OH excluding ortho intramolecular Hbond substituents is 1. The molecule has 3 heterocycles. The maximum Gasteiger partial charge on any atom is 0.232 e. The minimum atomic E-state index is -0.105. The molecule has 2 N–H and O–H groups in total. The van der Waals surface area contributed by atoms with Gasteiger partial charge in [0, 0.05) is 23.8 Å². The van der Waals surface area contributed by atoms with Gasteiger partial charge in [-0.1, -0.05) is 6.07 Å². The predicted octanol–water partition coefficient (Wildman–Crippen LogP) is 2.25. The minimum absolute atomic E-state index is 0.105. The quantitative estimate of drug-likeness (QED) is 0.850. The van der Waals surface area contributed by atoms with E-state index in [1.165, 1.54) is 17.7 Å². The van der Waals surface area contributed by atoms with Crippen molar-refractivity contribution in [3.8, 4) is 11.5 Å². The molecule has 0 saturated carbocycles. The lowest BCUT2D eigenvalue weighted by Gasteiger charge is -2.15. The molecule has 2 aliphatic heterocycles. The average Bonchev–Trinajstić information content (AvgIpc) is 3.27. The Morgan fingerprint density at radius 2 is 2.09 bits per heavy atom. The molecule has 118 valence electrons. The molecule has 0 unspecified atom stereocenters. The third-order valence-electron chi connectivity index (χ3n) is 4.47. The molecule has 0 aliphatic carbocycles. The number of hydrogen-bond acceptors (Lipinski definition) is 4. The van der Waals surface area contributed by atoms with Crippen molar-refractivity contribution in [1.29, 1.82) is 0 Å².